The standard InChI is InChI=1S/C17H22FNO3/c1-11(2)5-7-13-4-3-9-19(13)16(20)14-8-6-12(17(21)22)10-15(14)18/h6,8,10-11,13H,3-5,7,9H2,1-2H3,(H,21,22). The second-order valence-corrected chi connectivity index (χ2v) is 6.27. The first-order chi connectivity index (χ1) is 10.4. The second kappa shape index (κ2) is 6.90. The van der Waals surface area contributed by atoms with Crippen LogP contribution < -0.4 is 0 Å². The summed E-state index contributed by atoms with van der Waals surface area (Å²) < 4.78 is 14.0. The van der Waals surface area contributed by atoms with E-state index in [9.17, 15) is 14.0 Å². The smallest absolute Gasteiger partial charge is 0.335 e. The Bertz CT molecular complexity index is 571. The van der Waals surface area contributed by atoms with Crippen LogP contribution in [-0.2, 0) is 0 Å². The topological polar surface area (TPSA) is 57.6 Å². The third-order valence-corrected chi connectivity index (χ3v) is 4.16. The van der Waals surface area contributed by atoms with Crippen LogP contribution in [0.5, 0.6) is 0 Å². The molecule has 5 heteroatoms. The molecule has 1 aromatic carbocycles. The van der Waals surface area contributed by atoms with Crippen LogP contribution in [0.2, 0.25) is 0 Å². The molecule has 1 heterocycles. The summed E-state index contributed by atoms with van der Waals surface area (Å²) in [5.74, 6) is -1.72. The van der Waals surface area contributed by atoms with Crippen molar-refractivity contribution in [1.82, 2.24) is 4.90 Å². The number of aromatic carboxylic acids is 1. The van der Waals surface area contributed by atoms with Crippen molar-refractivity contribution >= 4 is 11.9 Å². The van der Waals surface area contributed by atoms with Crippen LogP contribution in [0.25, 0.3) is 0 Å². The van der Waals surface area contributed by atoms with Crippen LogP contribution in [0.1, 0.15) is 60.2 Å². The van der Waals surface area contributed by atoms with Gasteiger partial charge in [0.15, 0.2) is 0 Å². The Morgan fingerprint density at radius 1 is 1.41 bits per heavy atom. The first-order valence-electron chi connectivity index (χ1n) is 7.74. The Morgan fingerprint density at radius 3 is 2.73 bits per heavy atom. The van der Waals surface area contributed by atoms with Crippen molar-refractivity contribution < 1.29 is 19.1 Å². The molecular weight excluding hydrogens is 285 g/mol. The molecule has 0 bridgehead atoms. The molecule has 120 valence electrons. The minimum atomic E-state index is -1.20. The number of carbonyl (C=O) groups excluding carboxylic acids is 1. The zero-order valence-corrected chi connectivity index (χ0v) is 13.0. The number of carboxylic acid groups (broad SMARTS) is 1. The Balaban J connectivity index is 2.14. The molecule has 1 fully saturated rings. The minimum Gasteiger partial charge on any atom is -0.478 e. The van der Waals surface area contributed by atoms with E-state index in [2.05, 4.69) is 13.8 Å². The average molecular weight is 307 g/mol. The van der Waals surface area contributed by atoms with E-state index in [0.717, 1.165) is 31.7 Å². The average Bonchev–Trinajstić information content (AvgIpc) is 2.92. The largest absolute Gasteiger partial charge is 0.478 e. The Labute approximate surface area is 129 Å². The van der Waals surface area contributed by atoms with Crippen molar-refractivity contribution in [1.29, 1.82) is 0 Å². The summed E-state index contributed by atoms with van der Waals surface area (Å²) in [6.07, 6.45) is 3.85. The number of carbonyl (C=O) groups is 2. The van der Waals surface area contributed by atoms with Gasteiger partial charge >= 0.3 is 5.97 Å². The third-order valence-electron chi connectivity index (χ3n) is 4.16. The van der Waals surface area contributed by atoms with Gasteiger partial charge in [-0.1, -0.05) is 13.8 Å². The van der Waals surface area contributed by atoms with Crippen LogP contribution >= 0.6 is 0 Å². The number of hydrogen-bond acceptors (Lipinski definition) is 2. The van der Waals surface area contributed by atoms with Gasteiger partial charge in [-0.3, -0.25) is 4.79 Å². The quantitative estimate of drug-likeness (QED) is 0.905. The van der Waals surface area contributed by atoms with E-state index in [1.54, 1.807) is 4.90 Å². The molecule has 0 aromatic heterocycles. The van der Waals surface area contributed by atoms with Gasteiger partial charge in [-0.25, -0.2) is 9.18 Å². The van der Waals surface area contributed by atoms with Gasteiger partial charge in [0.2, 0.25) is 0 Å². The number of benzene rings is 1. The van der Waals surface area contributed by atoms with Crippen LogP contribution in [0.3, 0.4) is 0 Å². The molecule has 22 heavy (non-hydrogen) atoms. The Hall–Kier alpha value is -1.91. The van der Waals surface area contributed by atoms with E-state index < -0.39 is 11.8 Å². The molecule has 0 aliphatic carbocycles. The first-order valence-corrected chi connectivity index (χ1v) is 7.74. The Morgan fingerprint density at radius 2 is 2.14 bits per heavy atom. The maximum Gasteiger partial charge on any atom is 0.335 e. The lowest BCUT2D eigenvalue weighted by atomic mass is 10.0. The van der Waals surface area contributed by atoms with Crippen molar-refractivity contribution in [2.75, 3.05) is 6.54 Å². The van der Waals surface area contributed by atoms with Crippen LogP contribution in [0.4, 0.5) is 4.39 Å². The van der Waals surface area contributed by atoms with Gasteiger partial charge in [0.1, 0.15) is 5.82 Å². The van der Waals surface area contributed by atoms with Gasteiger partial charge in [0.05, 0.1) is 11.1 Å². The molecule has 1 unspecified atom stereocenters. The van der Waals surface area contributed by atoms with Crippen LogP contribution in [0, 0.1) is 11.7 Å². The lowest BCUT2D eigenvalue weighted by molar-refractivity contribution is 0.0689. The van der Waals surface area contributed by atoms with Crippen molar-refractivity contribution in [2.45, 2.75) is 45.6 Å². The highest BCUT2D eigenvalue weighted by atomic mass is 19.1. The van der Waals surface area contributed by atoms with Gasteiger partial charge in [-0.05, 0) is 49.8 Å². The molecule has 1 aliphatic rings. The summed E-state index contributed by atoms with van der Waals surface area (Å²) in [7, 11) is 0. The molecule has 2 rings (SSSR count). The molecule has 1 aliphatic heterocycles. The first kappa shape index (κ1) is 16.5. The second-order valence-electron chi connectivity index (χ2n) is 6.27. The number of likely N-dealkylation sites (tertiary alicyclic amines) is 1. The summed E-state index contributed by atoms with van der Waals surface area (Å²) in [5, 5.41) is 8.85. The number of rotatable bonds is 5. The highest BCUT2D eigenvalue weighted by molar-refractivity contribution is 5.96. The molecule has 0 saturated carbocycles. The minimum absolute atomic E-state index is 0.0403. The van der Waals surface area contributed by atoms with Gasteiger partial charge in [0.25, 0.3) is 5.91 Å². The van der Waals surface area contributed by atoms with Gasteiger partial charge < -0.3 is 10.0 Å². The number of carboxylic acids is 1. The van der Waals surface area contributed by atoms with Crippen LogP contribution in [0.15, 0.2) is 18.2 Å². The summed E-state index contributed by atoms with van der Waals surface area (Å²) in [4.78, 5) is 25.1. The lowest BCUT2D eigenvalue weighted by Crippen LogP contribution is -2.36. The van der Waals surface area contributed by atoms with Gasteiger partial charge in [0, 0.05) is 12.6 Å². The molecule has 1 N–H and O–H groups in total. The highest BCUT2D eigenvalue weighted by Gasteiger charge is 2.30. The third kappa shape index (κ3) is 3.64. The number of amides is 1. The fourth-order valence-electron chi connectivity index (χ4n) is 2.91. The number of halogens is 1. The fraction of sp³-hybridized carbons (Fsp3) is 0.529. The maximum absolute atomic E-state index is 14.0. The molecule has 1 atom stereocenters. The molecule has 0 radical (unpaired) electrons. The van der Waals surface area contributed by atoms with Crippen molar-refractivity contribution in [3.8, 4) is 0 Å². The SMILES string of the molecule is CC(C)CCC1CCCN1C(=O)c1ccc(C(=O)O)cc1F. The van der Waals surface area contributed by atoms with Gasteiger partial charge in [-0.2, -0.15) is 0 Å². The molecule has 1 saturated heterocycles. The number of nitrogens with zero attached hydrogens (tertiary/aromatic N) is 1. The summed E-state index contributed by atoms with van der Waals surface area (Å²) in [5.41, 5.74) is -0.187. The maximum atomic E-state index is 14.0. The molecule has 4 nitrogen and oxygen atoms in total. The summed E-state index contributed by atoms with van der Waals surface area (Å²) in [6, 6.07) is 3.62. The van der Waals surface area contributed by atoms with Crippen LogP contribution in [-0.4, -0.2) is 34.5 Å². The normalized spacial score (nSPS) is 18.0. The Kier molecular flexibility index (Phi) is 5.16. The highest BCUT2D eigenvalue weighted by Crippen LogP contribution is 2.26. The monoisotopic (exact) mass is 307 g/mol. The predicted octanol–water partition coefficient (Wildman–Crippen LogP) is 3.56. The summed E-state index contributed by atoms with van der Waals surface area (Å²) >= 11 is 0. The van der Waals surface area contributed by atoms with Crippen molar-refractivity contribution in [3.05, 3.63) is 35.1 Å². The van der Waals surface area contributed by atoms with Crippen molar-refractivity contribution in [2.24, 2.45) is 5.92 Å². The van der Waals surface area contributed by atoms with E-state index in [1.165, 1.54) is 12.1 Å². The number of hydrogen-bond donors (Lipinski definition) is 1. The van der Waals surface area contributed by atoms with Gasteiger partial charge in [-0.15, -0.1) is 0 Å². The zero-order chi connectivity index (χ0) is 16.3. The molecule has 0 spiro atoms. The lowest BCUT2D eigenvalue weighted by Gasteiger charge is -2.25. The van der Waals surface area contributed by atoms with E-state index in [0.29, 0.717) is 12.5 Å². The zero-order valence-electron chi connectivity index (χ0n) is 13.0. The van der Waals surface area contributed by atoms with E-state index in [1.807, 2.05) is 0 Å². The molecule has 1 aromatic rings. The summed E-state index contributed by atoms with van der Waals surface area (Å²) in [6.45, 7) is 4.93. The predicted molar refractivity (Wildman–Crippen MR) is 81.5 cm³/mol. The van der Waals surface area contributed by atoms with E-state index in [-0.39, 0.29) is 23.1 Å². The van der Waals surface area contributed by atoms with Crippen molar-refractivity contribution in [3.63, 3.8) is 0 Å². The van der Waals surface area contributed by atoms with E-state index in [4.69, 9.17) is 5.11 Å². The molecule has 1 amide bonds. The molecular formula is C17H22FNO3. The van der Waals surface area contributed by atoms with E-state index >= 15 is 0 Å². The fourth-order valence-corrected chi connectivity index (χ4v) is 2.91.